The van der Waals surface area contributed by atoms with Crippen LogP contribution in [0, 0.1) is 5.82 Å². The third kappa shape index (κ3) is 4.22. The predicted octanol–water partition coefficient (Wildman–Crippen LogP) is 5.37. The van der Waals surface area contributed by atoms with Crippen LogP contribution in [0.1, 0.15) is 6.42 Å². The number of rotatable bonds is 4. The molecule has 0 amide bonds. The normalized spacial score (nSPS) is 17.6. The van der Waals surface area contributed by atoms with Gasteiger partial charge in [0.2, 0.25) is 0 Å². The van der Waals surface area contributed by atoms with Gasteiger partial charge in [0.25, 0.3) is 0 Å². The van der Waals surface area contributed by atoms with Crippen LogP contribution in [0.3, 0.4) is 0 Å². The molecule has 4 nitrogen and oxygen atoms in total. The Kier molecular flexibility index (Phi) is 5.57. The third-order valence-corrected chi connectivity index (χ3v) is 6.57. The highest BCUT2D eigenvalue weighted by atomic mass is 79.9. The van der Waals surface area contributed by atoms with E-state index in [1.54, 1.807) is 24.2 Å². The molecule has 1 aliphatic heterocycles. The average molecular weight is 469 g/mol. The van der Waals surface area contributed by atoms with E-state index in [2.05, 4.69) is 30.2 Å². The molecule has 3 aromatic rings. The first kappa shape index (κ1) is 19.0. The van der Waals surface area contributed by atoms with Crippen LogP contribution in [-0.4, -0.2) is 38.6 Å². The fourth-order valence-electron chi connectivity index (χ4n) is 2.93. The summed E-state index contributed by atoms with van der Waals surface area (Å²) in [4.78, 5) is 8.59. The van der Waals surface area contributed by atoms with Gasteiger partial charge in [-0.2, -0.15) is 0 Å². The summed E-state index contributed by atoms with van der Waals surface area (Å²) in [6, 6.07) is 10.7. The Labute approximate surface area is 174 Å². The maximum atomic E-state index is 13.8. The second-order valence-electron chi connectivity index (χ2n) is 6.34. The van der Waals surface area contributed by atoms with Crippen molar-refractivity contribution in [3.8, 4) is 22.6 Å². The number of hydrogen-bond acceptors (Lipinski definition) is 4. The lowest BCUT2D eigenvalue weighted by Gasteiger charge is -2.15. The molecule has 2 N–H and O–H groups in total. The van der Waals surface area contributed by atoms with Gasteiger partial charge in [0, 0.05) is 29.1 Å². The predicted molar refractivity (Wildman–Crippen MR) is 110 cm³/mol. The van der Waals surface area contributed by atoms with E-state index in [0.717, 1.165) is 34.7 Å². The highest BCUT2D eigenvalue weighted by molar-refractivity contribution is 9.10. The maximum Gasteiger partial charge on any atom is 0.138 e. The molecule has 0 spiro atoms. The summed E-state index contributed by atoms with van der Waals surface area (Å²) in [5, 5.41) is 10.4. The Hall–Kier alpha value is -1.38. The van der Waals surface area contributed by atoms with Crippen LogP contribution in [0.4, 0.5) is 4.39 Å². The fourth-order valence-corrected chi connectivity index (χ4v) is 4.46. The molecule has 1 fully saturated rings. The van der Waals surface area contributed by atoms with Gasteiger partial charge in [-0.15, -0.1) is 0 Å². The Morgan fingerprint density at radius 3 is 2.81 bits per heavy atom. The van der Waals surface area contributed by atoms with Crippen molar-refractivity contribution >= 4 is 39.5 Å². The van der Waals surface area contributed by atoms with Gasteiger partial charge in [-0.25, -0.2) is 13.7 Å². The summed E-state index contributed by atoms with van der Waals surface area (Å²) in [7, 11) is 0. The van der Waals surface area contributed by atoms with E-state index in [0.29, 0.717) is 21.9 Å². The zero-order valence-corrected chi connectivity index (χ0v) is 17.3. The number of halogens is 3. The van der Waals surface area contributed by atoms with Crippen LogP contribution in [-0.2, 0) is 0 Å². The van der Waals surface area contributed by atoms with Crippen molar-refractivity contribution in [2.45, 2.75) is 17.4 Å². The van der Waals surface area contributed by atoms with Gasteiger partial charge in [-0.05, 0) is 64.6 Å². The average Bonchev–Trinajstić information content (AvgIpc) is 3.29. The quantitative estimate of drug-likeness (QED) is 0.505. The van der Waals surface area contributed by atoms with Crippen molar-refractivity contribution in [2.24, 2.45) is 0 Å². The number of aromatic amines is 1. The molecule has 1 atom stereocenters. The maximum absolute atomic E-state index is 13.8. The Balaban J connectivity index is 1.59. The lowest BCUT2D eigenvalue weighted by Crippen LogP contribution is -2.14. The molecule has 0 saturated carbocycles. The van der Waals surface area contributed by atoms with Crippen LogP contribution in [0.2, 0.25) is 5.02 Å². The minimum atomic E-state index is -0.318. The first-order valence-electron chi connectivity index (χ1n) is 8.41. The van der Waals surface area contributed by atoms with Gasteiger partial charge < -0.3 is 10.1 Å². The van der Waals surface area contributed by atoms with Crippen LogP contribution < -0.4 is 0 Å². The number of benzene rings is 2. The molecular formula is C19H16BrClFN3OS. The van der Waals surface area contributed by atoms with E-state index in [-0.39, 0.29) is 11.9 Å². The summed E-state index contributed by atoms with van der Waals surface area (Å²) in [6.45, 7) is 1.46. The first-order valence-corrected chi connectivity index (χ1v) is 10.4. The molecule has 2 heterocycles. The highest BCUT2D eigenvalue weighted by Gasteiger charge is 2.22. The van der Waals surface area contributed by atoms with Gasteiger partial charge in [-0.1, -0.05) is 17.7 Å². The molecule has 0 radical (unpaired) electrons. The third-order valence-electron chi connectivity index (χ3n) is 4.36. The van der Waals surface area contributed by atoms with Crippen molar-refractivity contribution in [1.29, 1.82) is 0 Å². The monoisotopic (exact) mass is 467 g/mol. The van der Waals surface area contributed by atoms with Crippen LogP contribution in [0.15, 0.2) is 52.0 Å². The second-order valence-corrected chi connectivity index (χ2v) is 8.74. The number of hydrogen-bond donors (Lipinski definition) is 2. The SMILES string of the molecule is OC1CCN(Sc2cc(-c3ncc(-c4ccc(Br)c(F)c4)[nH]3)ccc2Cl)C1. The largest absolute Gasteiger partial charge is 0.392 e. The van der Waals surface area contributed by atoms with Crippen molar-refractivity contribution < 1.29 is 9.50 Å². The molecule has 2 aromatic carbocycles. The van der Waals surface area contributed by atoms with E-state index < -0.39 is 0 Å². The van der Waals surface area contributed by atoms with Crippen molar-refractivity contribution in [1.82, 2.24) is 14.3 Å². The summed E-state index contributed by atoms with van der Waals surface area (Å²) in [5.74, 6) is 0.370. The minimum Gasteiger partial charge on any atom is -0.392 e. The van der Waals surface area contributed by atoms with Gasteiger partial charge >= 0.3 is 0 Å². The van der Waals surface area contributed by atoms with Gasteiger partial charge in [0.05, 0.1) is 27.5 Å². The highest BCUT2D eigenvalue weighted by Crippen LogP contribution is 2.35. The molecule has 4 rings (SSSR count). The topological polar surface area (TPSA) is 52.1 Å². The number of aromatic nitrogens is 2. The zero-order valence-electron chi connectivity index (χ0n) is 14.1. The number of nitrogens with one attached hydrogen (secondary N) is 1. The number of β-amino-alcohol motifs (C(OH)–C–C–N with tert-alkyl or cyclic N) is 1. The molecule has 1 saturated heterocycles. The van der Waals surface area contributed by atoms with Gasteiger partial charge in [0.1, 0.15) is 11.6 Å². The molecular weight excluding hydrogens is 453 g/mol. The standard InChI is InChI=1S/C19H16BrClFN3OS/c20-14-3-1-11(7-16(14)22)17-9-23-19(24-17)12-2-4-15(21)18(8-12)27-25-6-5-13(26)10-25/h1-4,7-9,13,26H,5-6,10H2,(H,23,24). The minimum absolute atomic E-state index is 0.279. The number of H-pyrrole nitrogens is 1. The molecule has 1 unspecified atom stereocenters. The summed E-state index contributed by atoms with van der Waals surface area (Å²) in [5.41, 5.74) is 2.36. The number of imidazole rings is 1. The molecule has 1 aromatic heterocycles. The Bertz CT molecular complexity index is 983. The van der Waals surface area contributed by atoms with Gasteiger partial charge in [0.15, 0.2) is 0 Å². The molecule has 140 valence electrons. The fraction of sp³-hybridized carbons (Fsp3) is 0.211. The Morgan fingerprint density at radius 2 is 2.07 bits per heavy atom. The van der Waals surface area contributed by atoms with Crippen molar-refractivity contribution in [2.75, 3.05) is 13.1 Å². The Morgan fingerprint density at radius 1 is 1.26 bits per heavy atom. The first-order chi connectivity index (χ1) is 13.0. The van der Waals surface area contributed by atoms with E-state index >= 15 is 0 Å². The zero-order chi connectivity index (χ0) is 19.0. The lowest BCUT2D eigenvalue weighted by molar-refractivity contribution is 0.190. The van der Waals surface area contributed by atoms with Crippen molar-refractivity contribution in [3.63, 3.8) is 0 Å². The van der Waals surface area contributed by atoms with Crippen LogP contribution in [0.5, 0.6) is 0 Å². The smallest absolute Gasteiger partial charge is 0.138 e. The molecule has 27 heavy (non-hydrogen) atoms. The molecule has 0 aliphatic carbocycles. The summed E-state index contributed by atoms with van der Waals surface area (Å²) >= 11 is 11.0. The van der Waals surface area contributed by atoms with Crippen LogP contribution in [0.25, 0.3) is 22.6 Å². The number of aliphatic hydroxyl groups is 1. The number of aliphatic hydroxyl groups excluding tert-OH is 1. The van der Waals surface area contributed by atoms with Crippen molar-refractivity contribution in [3.05, 3.63) is 57.9 Å². The summed E-state index contributed by atoms with van der Waals surface area (Å²) < 4.78 is 16.3. The molecule has 8 heteroatoms. The second kappa shape index (κ2) is 7.93. The number of nitrogens with zero attached hydrogens (tertiary/aromatic N) is 2. The van der Waals surface area contributed by atoms with Gasteiger partial charge in [-0.3, -0.25) is 0 Å². The summed E-state index contributed by atoms with van der Waals surface area (Å²) in [6.07, 6.45) is 2.18. The van der Waals surface area contributed by atoms with E-state index in [4.69, 9.17) is 11.6 Å². The van der Waals surface area contributed by atoms with Crippen LogP contribution >= 0.6 is 39.5 Å². The van der Waals surface area contributed by atoms with E-state index in [9.17, 15) is 9.50 Å². The lowest BCUT2D eigenvalue weighted by atomic mass is 10.2. The molecule has 1 aliphatic rings. The van der Waals surface area contributed by atoms with E-state index in [1.807, 2.05) is 24.3 Å². The molecule has 0 bridgehead atoms. The van der Waals surface area contributed by atoms with E-state index in [1.165, 1.54) is 6.07 Å².